The lowest BCUT2D eigenvalue weighted by atomic mass is 10.1. The van der Waals surface area contributed by atoms with E-state index < -0.39 is 22.5 Å². The highest BCUT2D eigenvalue weighted by atomic mass is 35.5. The maximum atomic E-state index is 12.1. The van der Waals surface area contributed by atoms with Crippen LogP contribution in [0.1, 0.15) is 5.56 Å². The number of rotatable bonds is 5. The second kappa shape index (κ2) is 6.53. The van der Waals surface area contributed by atoms with Gasteiger partial charge in [-0.3, -0.25) is 4.79 Å². The molecule has 0 bridgehead atoms. The van der Waals surface area contributed by atoms with Gasteiger partial charge in [0.15, 0.2) is 0 Å². The van der Waals surface area contributed by atoms with Crippen molar-refractivity contribution < 1.29 is 26.4 Å². The van der Waals surface area contributed by atoms with Crippen molar-refractivity contribution in [1.29, 1.82) is 0 Å². The van der Waals surface area contributed by atoms with Gasteiger partial charge >= 0.3 is 16.5 Å². The van der Waals surface area contributed by atoms with E-state index >= 15 is 0 Å². The van der Waals surface area contributed by atoms with Crippen molar-refractivity contribution in [3.8, 4) is 5.75 Å². The van der Waals surface area contributed by atoms with Gasteiger partial charge in [0.05, 0.1) is 0 Å². The van der Waals surface area contributed by atoms with Crippen molar-refractivity contribution in [3.63, 3.8) is 0 Å². The topological polar surface area (TPSA) is 107 Å². The average Bonchev–Trinajstić information content (AvgIpc) is 2.18. The highest BCUT2D eigenvalue weighted by Crippen LogP contribution is 2.15. The molecule has 0 saturated carbocycles. The second-order valence-electron chi connectivity index (χ2n) is 3.27. The monoisotopic (exact) mass is 299 g/mol. The largest absolute Gasteiger partial charge is 0.488 e. The predicted molar refractivity (Wildman–Crippen MR) is 63.7 cm³/mol. The third kappa shape index (κ3) is 5.80. The molecular formula is C9H11ClFNO5S. The van der Waals surface area contributed by atoms with E-state index in [4.69, 9.17) is 10.8 Å². The Morgan fingerprint density at radius 1 is 1.39 bits per heavy atom. The van der Waals surface area contributed by atoms with E-state index in [0.29, 0.717) is 5.56 Å². The zero-order valence-corrected chi connectivity index (χ0v) is 10.6. The van der Waals surface area contributed by atoms with E-state index in [0.717, 1.165) is 0 Å². The number of benzene rings is 1. The Morgan fingerprint density at radius 2 is 1.89 bits per heavy atom. The van der Waals surface area contributed by atoms with Gasteiger partial charge in [0.25, 0.3) is 0 Å². The summed E-state index contributed by atoms with van der Waals surface area (Å²) in [6.07, 6.45) is 0.0813. The van der Waals surface area contributed by atoms with E-state index in [1.54, 1.807) is 0 Å². The molecule has 9 heteroatoms. The average molecular weight is 300 g/mol. The summed E-state index contributed by atoms with van der Waals surface area (Å²) >= 11 is 0. The number of hydrogen-bond acceptors (Lipinski definition) is 5. The van der Waals surface area contributed by atoms with E-state index in [9.17, 15) is 17.1 Å². The molecule has 102 valence electrons. The van der Waals surface area contributed by atoms with Crippen molar-refractivity contribution >= 4 is 28.9 Å². The molecule has 0 fully saturated rings. The summed E-state index contributed by atoms with van der Waals surface area (Å²) in [7, 11) is -5.05. The van der Waals surface area contributed by atoms with Crippen LogP contribution in [0.5, 0.6) is 5.75 Å². The normalized spacial score (nSPS) is 12.3. The molecule has 0 aliphatic rings. The van der Waals surface area contributed by atoms with Crippen molar-refractivity contribution in [3.05, 3.63) is 29.8 Å². The summed E-state index contributed by atoms with van der Waals surface area (Å²) in [6.45, 7) is 0. The Kier molecular flexibility index (Phi) is 6.02. The Hall–Kier alpha value is -1.38. The van der Waals surface area contributed by atoms with E-state index in [2.05, 4.69) is 4.18 Å². The maximum absolute atomic E-state index is 12.1. The van der Waals surface area contributed by atoms with Crippen LogP contribution < -0.4 is 9.92 Å². The Balaban J connectivity index is 0.00000289. The van der Waals surface area contributed by atoms with Gasteiger partial charge in [-0.1, -0.05) is 16.0 Å². The van der Waals surface area contributed by atoms with Crippen molar-refractivity contribution in [2.45, 2.75) is 12.5 Å². The van der Waals surface area contributed by atoms with Crippen molar-refractivity contribution in [1.82, 2.24) is 0 Å². The molecule has 0 radical (unpaired) electrons. The number of carboxylic acid groups (broad SMARTS) is 1. The number of halogens is 2. The minimum Gasteiger partial charge on any atom is -0.480 e. The number of hydrogen-bond donors (Lipinski definition) is 2. The third-order valence-corrected chi connectivity index (χ3v) is 2.28. The van der Waals surface area contributed by atoms with Crippen LogP contribution in [0.25, 0.3) is 0 Å². The second-order valence-corrected chi connectivity index (χ2v) is 4.22. The molecule has 3 N–H and O–H groups in total. The van der Waals surface area contributed by atoms with Gasteiger partial charge in [-0.15, -0.1) is 12.4 Å². The van der Waals surface area contributed by atoms with Gasteiger partial charge in [-0.05, 0) is 24.1 Å². The van der Waals surface area contributed by atoms with Crippen molar-refractivity contribution in [2.24, 2.45) is 5.73 Å². The van der Waals surface area contributed by atoms with Gasteiger partial charge in [0, 0.05) is 0 Å². The van der Waals surface area contributed by atoms with Gasteiger partial charge in [0.1, 0.15) is 11.8 Å². The molecule has 0 aliphatic heterocycles. The first kappa shape index (κ1) is 16.6. The van der Waals surface area contributed by atoms with E-state index in [1.807, 2.05) is 0 Å². The summed E-state index contributed by atoms with van der Waals surface area (Å²) in [5, 5.41) is 8.57. The molecule has 6 nitrogen and oxygen atoms in total. The molecule has 1 unspecified atom stereocenters. The van der Waals surface area contributed by atoms with Crippen LogP contribution in [0.15, 0.2) is 24.3 Å². The van der Waals surface area contributed by atoms with Crippen LogP contribution in [0, 0.1) is 0 Å². The summed E-state index contributed by atoms with van der Waals surface area (Å²) in [6, 6.07) is 4.18. The van der Waals surface area contributed by atoms with Crippen LogP contribution in [0.2, 0.25) is 0 Å². The van der Waals surface area contributed by atoms with Crippen LogP contribution in [-0.2, 0) is 21.7 Å². The quantitative estimate of drug-likeness (QED) is 0.773. The molecule has 1 aromatic carbocycles. The molecule has 0 heterocycles. The minimum atomic E-state index is -5.05. The zero-order valence-electron chi connectivity index (χ0n) is 8.95. The van der Waals surface area contributed by atoms with Crippen molar-refractivity contribution in [2.75, 3.05) is 0 Å². The molecule has 18 heavy (non-hydrogen) atoms. The van der Waals surface area contributed by atoms with Crippen LogP contribution in [0.4, 0.5) is 3.89 Å². The van der Waals surface area contributed by atoms with E-state index in [1.165, 1.54) is 24.3 Å². The van der Waals surface area contributed by atoms with Gasteiger partial charge in [0.2, 0.25) is 0 Å². The summed E-state index contributed by atoms with van der Waals surface area (Å²) in [5.74, 6) is -1.34. The molecular weight excluding hydrogens is 289 g/mol. The minimum absolute atomic E-state index is 0. The Labute approximate surface area is 109 Å². The number of nitrogens with two attached hydrogens (primary N) is 1. The molecule has 1 aromatic rings. The smallest absolute Gasteiger partial charge is 0.480 e. The fourth-order valence-electron chi connectivity index (χ4n) is 1.14. The Morgan fingerprint density at radius 3 is 2.28 bits per heavy atom. The first-order valence-corrected chi connectivity index (χ1v) is 5.80. The number of carboxylic acids is 1. The predicted octanol–water partition coefficient (Wildman–Crippen LogP) is 0.656. The summed E-state index contributed by atoms with van der Waals surface area (Å²) in [5.41, 5.74) is 5.87. The van der Waals surface area contributed by atoms with Crippen LogP contribution in [-0.4, -0.2) is 25.5 Å². The zero-order chi connectivity index (χ0) is 13.1. The third-order valence-electron chi connectivity index (χ3n) is 1.89. The number of carbonyl (C=O) groups is 1. The summed E-state index contributed by atoms with van der Waals surface area (Å²) < 4.78 is 36.4. The lowest BCUT2D eigenvalue weighted by molar-refractivity contribution is -0.138. The first-order valence-electron chi connectivity index (χ1n) is 4.49. The van der Waals surface area contributed by atoms with Gasteiger partial charge in [-0.2, -0.15) is 8.42 Å². The molecule has 0 spiro atoms. The van der Waals surface area contributed by atoms with E-state index in [-0.39, 0.29) is 24.6 Å². The fourth-order valence-corrected chi connectivity index (χ4v) is 1.48. The standard InChI is InChI=1S/C9H10FNO5S.ClH/c10-17(14,15)16-7-3-1-6(2-4-7)5-8(11)9(12)13;/h1-4,8H,5,11H2,(H,12,13);1H. The first-order chi connectivity index (χ1) is 7.78. The molecule has 0 saturated heterocycles. The van der Waals surface area contributed by atoms with Gasteiger partial charge in [-0.25, -0.2) is 0 Å². The highest BCUT2D eigenvalue weighted by Gasteiger charge is 2.13. The number of aliphatic carboxylic acids is 1. The highest BCUT2D eigenvalue weighted by molar-refractivity contribution is 7.81. The van der Waals surface area contributed by atoms with Gasteiger partial charge < -0.3 is 15.0 Å². The molecule has 0 aromatic heterocycles. The molecule has 0 aliphatic carbocycles. The van der Waals surface area contributed by atoms with Crippen LogP contribution >= 0.6 is 12.4 Å². The molecule has 1 rings (SSSR count). The lowest BCUT2D eigenvalue weighted by Gasteiger charge is -2.06. The lowest BCUT2D eigenvalue weighted by Crippen LogP contribution is -2.32. The Bertz CT molecular complexity index is 504. The van der Waals surface area contributed by atoms with Crippen LogP contribution in [0.3, 0.4) is 0 Å². The summed E-state index contributed by atoms with van der Waals surface area (Å²) in [4.78, 5) is 10.5. The molecule has 0 amide bonds. The maximum Gasteiger partial charge on any atom is 0.488 e. The SMILES string of the molecule is Cl.NC(Cc1ccc(OS(=O)(=O)F)cc1)C(=O)O. The fraction of sp³-hybridized carbons (Fsp3) is 0.222. The molecule has 1 atom stereocenters.